The number of halogens is 1. The number of unbranched alkanes of at least 4 members (excludes halogenated alkanes) is 1. The van der Waals surface area contributed by atoms with Crippen LogP contribution in [0.15, 0.2) is 10.4 Å². The Morgan fingerprint density at radius 1 is 1.38 bits per heavy atom. The number of thiazole rings is 1. The van der Waals surface area contributed by atoms with Crippen molar-refractivity contribution in [3.05, 3.63) is 16.1 Å². The lowest BCUT2D eigenvalue weighted by molar-refractivity contribution is 0.607. The molecule has 1 heterocycles. The molecular formula is C15H27IN4S. The van der Waals surface area contributed by atoms with Crippen LogP contribution >= 0.6 is 35.3 Å². The predicted octanol–water partition coefficient (Wildman–Crippen LogP) is 3.50. The number of hydrogen-bond acceptors (Lipinski definition) is 3. The first-order chi connectivity index (χ1) is 9.78. The molecule has 0 spiro atoms. The van der Waals surface area contributed by atoms with Gasteiger partial charge >= 0.3 is 0 Å². The van der Waals surface area contributed by atoms with Gasteiger partial charge in [0.15, 0.2) is 5.96 Å². The van der Waals surface area contributed by atoms with E-state index in [4.69, 9.17) is 0 Å². The van der Waals surface area contributed by atoms with Gasteiger partial charge in [0.05, 0.1) is 5.01 Å². The van der Waals surface area contributed by atoms with E-state index >= 15 is 0 Å². The number of aliphatic imine (C=N–C) groups is 1. The third-order valence-corrected chi connectivity index (χ3v) is 4.72. The molecule has 1 fully saturated rings. The van der Waals surface area contributed by atoms with Gasteiger partial charge in [-0.1, -0.05) is 12.8 Å². The van der Waals surface area contributed by atoms with E-state index in [9.17, 15) is 0 Å². The standard InChI is InChI=1S/C15H26N4S.HI/c1-12-11-20-14(18-12)9-5-6-10-17-15(16-2)19-13-7-3-4-8-13;/h11,13H,3-10H2,1-2H3,(H2,16,17,19);1H. The largest absolute Gasteiger partial charge is 0.356 e. The van der Waals surface area contributed by atoms with Gasteiger partial charge in [-0.2, -0.15) is 0 Å². The van der Waals surface area contributed by atoms with E-state index in [0.717, 1.165) is 31.0 Å². The molecule has 0 atom stereocenters. The molecule has 2 N–H and O–H groups in total. The summed E-state index contributed by atoms with van der Waals surface area (Å²) < 4.78 is 0. The summed E-state index contributed by atoms with van der Waals surface area (Å²) in [6.07, 6.45) is 8.69. The number of guanidine groups is 1. The van der Waals surface area contributed by atoms with Crippen molar-refractivity contribution >= 4 is 41.3 Å². The molecule has 0 aromatic carbocycles. The first-order valence-electron chi connectivity index (χ1n) is 7.66. The predicted molar refractivity (Wildman–Crippen MR) is 102 cm³/mol. The van der Waals surface area contributed by atoms with E-state index in [2.05, 4.69) is 32.9 Å². The zero-order chi connectivity index (χ0) is 14.2. The molecule has 0 aliphatic heterocycles. The molecule has 1 aromatic heterocycles. The molecule has 0 saturated heterocycles. The van der Waals surface area contributed by atoms with Crippen molar-refractivity contribution in [1.29, 1.82) is 0 Å². The molecule has 1 aliphatic rings. The zero-order valence-corrected chi connectivity index (χ0v) is 16.2. The number of aromatic nitrogens is 1. The van der Waals surface area contributed by atoms with E-state index < -0.39 is 0 Å². The van der Waals surface area contributed by atoms with Gasteiger partial charge in [0, 0.05) is 30.7 Å². The topological polar surface area (TPSA) is 49.3 Å². The minimum absolute atomic E-state index is 0. The van der Waals surface area contributed by atoms with Crippen LogP contribution in [-0.4, -0.2) is 30.6 Å². The Morgan fingerprint density at radius 2 is 2.14 bits per heavy atom. The fourth-order valence-corrected chi connectivity index (χ4v) is 3.40. The molecule has 1 aromatic rings. The summed E-state index contributed by atoms with van der Waals surface area (Å²) in [6.45, 7) is 3.04. The lowest BCUT2D eigenvalue weighted by atomic mass is 10.2. The van der Waals surface area contributed by atoms with Crippen molar-refractivity contribution < 1.29 is 0 Å². The number of nitrogens with zero attached hydrogens (tertiary/aromatic N) is 2. The van der Waals surface area contributed by atoms with Crippen LogP contribution in [0.4, 0.5) is 0 Å². The highest BCUT2D eigenvalue weighted by Crippen LogP contribution is 2.17. The molecule has 0 bridgehead atoms. The molecule has 0 radical (unpaired) electrons. The highest BCUT2D eigenvalue weighted by atomic mass is 127. The van der Waals surface area contributed by atoms with Crippen LogP contribution in [0.5, 0.6) is 0 Å². The lowest BCUT2D eigenvalue weighted by Gasteiger charge is -2.16. The Bertz CT molecular complexity index is 427. The molecule has 6 heteroatoms. The van der Waals surface area contributed by atoms with Crippen molar-refractivity contribution in [1.82, 2.24) is 15.6 Å². The first kappa shape index (κ1) is 18.7. The number of hydrogen-bond donors (Lipinski definition) is 2. The summed E-state index contributed by atoms with van der Waals surface area (Å²) >= 11 is 1.77. The number of nitrogens with one attached hydrogen (secondary N) is 2. The summed E-state index contributed by atoms with van der Waals surface area (Å²) in [5, 5.41) is 10.3. The van der Waals surface area contributed by atoms with Gasteiger partial charge in [-0.05, 0) is 39.0 Å². The van der Waals surface area contributed by atoms with Crippen molar-refractivity contribution in [2.24, 2.45) is 4.99 Å². The van der Waals surface area contributed by atoms with Crippen LogP contribution in [-0.2, 0) is 6.42 Å². The number of aryl methyl sites for hydroxylation is 2. The van der Waals surface area contributed by atoms with Gasteiger partial charge in [-0.25, -0.2) is 4.98 Å². The average Bonchev–Trinajstić information content (AvgIpc) is 3.09. The lowest BCUT2D eigenvalue weighted by Crippen LogP contribution is -2.42. The van der Waals surface area contributed by atoms with Gasteiger partial charge in [0.2, 0.25) is 0 Å². The maximum atomic E-state index is 4.49. The monoisotopic (exact) mass is 422 g/mol. The Hall–Kier alpha value is -0.370. The molecule has 120 valence electrons. The maximum absolute atomic E-state index is 4.49. The highest BCUT2D eigenvalue weighted by Gasteiger charge is 2.15. The van der Waals surface area contributed by atoms with Crippen LogP contribution in [0, 0.1) is 6.92 Å². The van der Waals surface area contributed by atoms with Crippen molar-refractivity contribution in [3.63, 3.8) is 0 Å². The van der Waals surface area contributed by atoms with Crippen LogP contribution in [0.1, 0.15) is 49.2 Å². The first-order valence-corrected chi connectivity index (χ1v) is 8.54. The maximum Gasteiger partial charge on any atom is 0.191 e. The van der Waals surface area contributed by atoms with E-state index in [1.54, 1.807) is 11.3 Å². The van der Waals surface area contributed by atoms with Gasteiger partial charge in [-0.3, -0.25) is 4.99 Å². The van der Waals surface area contributed by atoms with Gasteiger partial charge in [0.1, 0.15) is 0 Å². The summed E-state index contributed by atoms with van der Waals surface area (Å²) in [5.74, 6) is 0.960. The van der Waals surface area contributed by atoms with Crippen LogP contribution in [0.25, 0.3) is 0 Å². The molecule has 21 heavy (non-hydrogen) atoms. The fraction of sp³-hybridized carbons (Fsp3) is 0.733. The summed E-state index contributed by atoms with van der Waals surface area (Å²) in [5.41, 5.74) is 1.14. The quantitative estimate of drug-likeness (QED) is 0.319. The SMILES string of the molecule is CN=C(NCCCCc1nc(C)cs1)NC1CCCC1.I. The van der Waals surface area contributed by atoms with E-state index in [1.165, 1.54) is 37.1 Å². The van der Waals surface area contributed by atoms with Gasteiger partial charge in [0.25, 0.3) is 0 Å². The molecule has 2 rings (SSSR count). The van der Waals surface area contributed by atoms with Gasteiger partial charge < -0.3 is 10.6 Å². The highest BCUT2D eigenvalue weighted by molar-refractivity contribution is 14.0. The van der Waals surface area contributed by atoms with Crippen molar-refractivity contribution in [2.75, 3.05) is 13.6 Å². The Morgan fingerprint density at radius 3 is 2.76 bits per heavy atom. The molecule has 4 nitrogen and oxygen atoms in total. The average molecular weight is 422 g/mol. The summed E-state index contributed by atoms with van der Waals surface area (Å²) in [6, 6.07) is 0.625. The van der Waals surface area contributed by atoms with E-state index in [1.807, 2.05) is 7.05 Å². The molecule has 1 saturated carbocycles. The smallest absolute Gasteiger partial charge is 0.191 e. The van der Waals surface area contributed by atoms with Crippen molar-refractivity contribution in [2.45, 2.75) is 57.9 Å². The van der Waals surface area contributed by atoms with Crippen LogP contribution in [0.2, 0.25) is 0 Å². The van der Waals surface area contributed by atoms with E-state index in [-0.39, 0.29) is 24.0 Å². The molecular weight excluding hydrogens is 395 g/mol. The Labute approximate surface area is 149 Å². The van der Waals surface area contributed by atoms with Gasteiger partial charge in [-0.15, -0.1) is 35.3 Å². The number of rotatable bonds is 6. The summed E-state index contributed by atoms with van der Waals surface area (Å²) in [4.78, 5) is 8.78. The second-order valence-electron chi connectivity index (χ2n) is 5.46. The normalized spacial score (nSPS) is 15.8. The van der Waals surface area contributed by atoms with Crippen molar-refractivity contribution in [3.8, 4) is 0 Å². The van der Waals surface area contributed by atoms with E-state index in [0.29, 0.717) is 6.04 Å². The minimum atomic E-state index is 0. The van der Waals surface area contributed by atoms with Crippen LogP contribution < -0.4 is 10.6 Å². The Balaban J connectivity index is 0.00000220. The summed E-state index contributed by atoms with van der Waals surface area (Å²) in [7, 11) is 1.85. The third-order valence-electron chi connectivity index (χ3n) is 3.70. The fourth-order valence-electron chi connectivity index (χ4n) is 2.58. The Kier molecular flexibility index (Phi) is 9.23. The second-order valence-corrected chi connectivity index (χ2v) is 6.41. The zero-order valence-electron chi connectivity index (χ0n) is 13.0. The third kappa shape index (κ3) is 6.95. The minimum Gasteiger partial charge on any atom is -0.356 e. The molecule has 0 amide bonds. The molecule has 1 aliphatic carbocycles. The van der Waals surface area contributed by atoms with Crippen LogP contribution in [0.3, 0.4) is 0 Å². The second kappa shape index (κ2) is 10.4. The molecule has 0 unspecified atom stereocenters.